The van der Waals surface area contributed by atoms with Crippen LogP contribution in [0.3, 0.4) is 0 Å². The van der Waals surface area contributed by atoms with E-state index in [0.717, 1.165) is 25.1 Å². The number of aryl methyl sites for hydroxylation is 1. The van der Waals surface area contributed by atoms with Gasteiger partial charge in [-0.05, 0) is 30.9 Å². The normalized spacial score (nSPS) is 16.8. The molecule has 2 N–H and O–H groups in total. The van der Waals surface area contributed by atoms with E-state index in [0.29, 0.717) is 29.7 Å². The second-order valence-corrected chi connectivity index (χ2v) is 7.07. The third-order valence-electron chi connectivity index (χ3n) is 4.50. The number of nitrogens with one attached hydrogen (secondary N) is 1. The number of carbonyl (C=O) groups is 1. The Kier molecular flexibility index (Phi) is 6.04. The van der Waals surface area contributed by atoms with Gasteiger partial charge in [-0.25, -0.2) is 4.98 Å². The Labute approximate surface area is 151 Å². The van der Waals surface area contributed by atoms with Gasteiger partial charge in [-0.1, -0.05) is 24.8 Å². The van der Waals surface area contributed by atoms with E-state index in [9.17, 15) is 9.90 Å². The number of carbonyl (C=O) groups excluding carboxylic acids is 1. The molecule has 2 aromatic heterocycles. The molecule has 1 fully saturated rings. The van der Waals surface area contributed by atoms with Gasteiger partial charge >= 0.3 is 0 Å². The zero-order valence-corrected chi connectivity index (χ0v) is 15.1. The summed E-state index contributed by atoms with van der Waals surface area (Å²) in [6, 6.07) is 5.57. The Morgan fingerprint density at radius 3 is 2.88 bits per heavy atom. The Morgan fingerprint density at radius 2 is 2.24 bits per heavy atom. The maximum Gasteiger partial charge on any atom is 0.233 e. The predicted octanol–water partition coefficient (Wildman–Crippen LogP) is 1.83. The van der Waals surface area contributed by atoms with E-state index in [-0.39, 0.29) is 11.8 Å². The lowest BCUT2D eigenvalue weighted by atomic mass is 9.89. The maximum absolute atomic E-state index is 12.4. The summed E-state index contributed by atoms with van der Waals surface area (Å²) in [5.41, 5.74) is 0.708. The Hall–Kier alpha value is -1.93. The monoisotopic (exact) mass is 361 g/mol. The summed E-state index contributed by atoms with van der Waals surface area (Å²) < 4.78 is 0. The molecule has 0 saturated carbocycles. The SMILES string of the molecule is CCc1nc(SCC(=O)N2CCC([C@H](O)c3ccccn3)CC2)n[nH]1. The van der Waals surface area contributed by atoms with E-state index >= 15 is 0 Å². The standard InChI is InChI=1S/C17H23N5O2S/c1-2-14-19-17(21-20-14)25-11-15(23)22-9-6-12(7-10-22)16(24)13-5-3-4-8-18-13/h3-5,8,12,16,24H,2,6-7,9-11H2,1H3,(H,19,20,21)/t16-/m0/s1. The molecule has 0 spiro atoms. The number of piperidine rings is 1. The molecule has 8 heteroatoms. The number of H-pyrrole nitrogens is 1. The molecule has 0 unspecified atom stereocenters. The zero-order valence-electron chi connectivity index (χ0n) is 14.3. The molecule has 0 bridgehead atoms. The fraction of sp³-hybridized carbons (Fsp3) is 0.529. The first-order chi connectivity index (χ1) is 12.2. The molecule has 2 aromatic rings. The molecule has 1 amide bonds. The molecule has 7 nitrogen and oxygen atoms in total. The fourth-order valence-corrected chi connectivity index (χ4v) is 3.70. The van der Waals surface area contributed by atoms with Crippen molar-refractivity contribution >= 4 is 17.7 Å². The van der Waals surface area contributed by atoms with Crippen molar-refractivity contribution in [2.45, 2.75) is 37.4 Å². The zero-order chi connectivity index (χ0) is 17.6. The fourth-order valence-electron chi connectivity index (χ4n) is 2.98. The van der Waals surface area contributed by atoms with Crippen LogP contribution in [0, 0.1) is 5.92 Å². The summed E-state index contributed by atoms with van der Waals surface area (Å²) in [5, 5.41) is 18.0. The number of aliphatic hydroxyl groups excluding tert-OH is 1. The van der Waals surface area contributed by atoms with Gasteiger partial charge in [0.05, 0.1) is 17.6 Å². The number of nitrogens with zero attached hydrogens (tertiary/aromatic N) is 4. The van der Waals surface area contributed by atoms with Crippen LogP contribution in [0.5, 0.6) is 0 Å². The highest BCUT2D eigenvalue weighted by Crippen LogP contribution is 2.30. The van der Waals surface area contributed by atoms with Crippen molar-refractivity contribution in [2.75, 3.05) is 18.8 Å². The Balaban J connectivity index is 1.46. The Bertz CT molecular complexity index is 685. The number of hydrogen-bond acceptors (Lipinski definition) is 6. The van der Waals surface area contributed by atoms with Crippen molar-refractivity contribution in [3.63, 3.8) is 0 Å². The number of hydrogen-bond donors (Lipinski definition) is 2. The minimum absolute atomic E-state index is 0.0959. The lowest BCUT2D eigenvalue weighted by molar-refractivity contribution is -0.130. The number of rotatable bonds is 6. The van der Waals surface area contributed by atoms with Crippen LogP contribution in [0.4, 0.5) is 0 Å². The highest BCUT2D eigenvalue weighted by atomic mass is 32.2. The molecule has 25 heavy (non-hydrogen) atoms. The number of amides is 1. The molecule has 1 atom stereocenters. The van der Waals surface area contributed by atoms with Crippen molar-refractivity contribution in [2.24, 2.45) is 5.92 Å². The van der Waals surface area contributed by atoms with Crippen molar-refractivity contribution in [1.82, 2.24) is 25.1 Å². The van der Waals surface area contributed by atoms with Crippen LogP contribution in [0.1, 0.15) is 37.4 Å². The molecule has 0 radical (unpaired) electrons. The van der Waals surface area contributed by atoms with Crippen LogP contribution in [0.25, 0.3) is 0 Å². The second-order valence-electron chi connectivity index (χ2n) is 6.12. The van der Waals surface area contributed by atoms with Crippen LogP contribution in [-0.2, 0) is 11.2 Å². The van der Waals surface area contributed by atoms with Crippen molar-refractivity contribution in [3.05, 3.63) is 35.9 Å². The van der Waals surface area contributed by atoms with E-state index in [1.807, 2.05) is 30.0 Å². The van der Waals surface area contributed by atoms with E-state index in [4.69, 9.17) is 0 Å². The number of pyridine rings is 1. The number of aliphatic hydroxyl groups is 1. The van der Waals surface area contributed by atoms with Crippen LogP contribution in [0.2, 0.25) is 0 Å². The van der Waals surface area contributed by atoms with Crippen molar-refractivity contribution in [1.29, 1.82) is 0 Å². The average molecular weight is 361 g/mol. The predicted molar refractivity (Wildman–Crippen MR) is 95.0 cm³/mol. The molecular weight excluding hydrogens is 338 g/mol. The third-order valence-corrected chi connectivity index (χ3v) is 5.33. The number of likely N-dealkylation sites (tertiary alicyclic amines) is 1. The summed E-state index contributed by atoms with van der Waals surface area (Å²) in [4.78, 5) is 22.8. The summed E-state index contributed by atoms with van der Waals surface area (Å²) in [6.45, 7) is 3.34. The largest absolute Gasteiger partial charge is 0.387 e. The number of aromatic nitrogens is 4. The summed E-state index contributed by atoms with van der Waals surface area (Å²) in [7, 11) is 0. The molecule has 0 aromatic carbocycles. The highest BCUT2D eigenvalue weighted by molar-refractivity contribution is 7.99. The van der Waals surface area contributed by atoms with E-state index in [1.165, 1.54) is 11.8 Å². The van der Waals surface area contributed by atoms with E-state index < -0.39 is 6.10 Å². The number of aromatic amines is 1. The molecule has 1 saturated heterocycles. The first-order valence-corrected chi connectivity index (χ1v) is 9.56. The smallest absolute Gasteiger partial charge is 0.233 e. The first kappa shape index (κ1) is 17.9. The maximum atomic E-state index is 12.4. The van der Waals surface area contributed by atoms with Crippen LogP contribution < -0.4 is 0 Å². The van der Waals surface area contributed by atoms with Crippen LogP contribution >= 0.6 is 11.8 Å². The summed E-state index contributed by atoms with van der Waals surface area (Å²) >= 11 is 1.36. The third kappa shape index (κ3) is 4.58. The second kappa shape index (κ2) is 8.44. The van der Waals surface area contributed by atoms with Crippen LogP contribution in [0.15, 0.2) is 29.6 Å². The minimum Gasteiger partial charge on any atom is -0.387 e. The van der Waals surface area contributed by atoms with Crippen molar-refractivity contribution < 1.29 is 9.90 Å². The molecule has 134 valence electrons. The highest BCUT2D eigenvalue weighted by Gasteiger charge is 2.28. The number of thioether (sulfide) groups is 1. The van der Waals surface area contributed by atoms with Gasteiger partial charge in [-0.3, -0.25) is 14.9 Å². The first-order valence-electron chi connectivity index (χ1n) is 8.58. The van der Waals surface area contributed by atoms with Gasteiger partial charge < -0.3 is 10.0 Å². The molecule has 1 aliphatic heterocycles. The topological polar surface area (TPSA) is 95.0 Å². The van der Waals surface area contributed by atoms with Gasteiger partial charge in [0.1, 0.15) is 5.82 Å². The van der Waals surface area contributed by atoms with Crippen molar-refractivity contribution in [3.8, 4) is 0 Å². The molecule has 0 aliphatic carbocycles. The lowest BCUT2D eigenvalue weighted by Crippen LogP contribution is -2.40. The summed E-state index contributed by atoms with van der Waals surface area (Å²) in [6.07, 6.45) is 3.51. The van der Waals surface area contributed by atoms with E-state index in [1.54, 1.807) is 6.20 Å². The van der Waals surface area contributed by atoms with Gasteiger partial charge in [0, 0.05) is 25.7 Å². The van der Waals surface area contributed by atoms with Gasteiger partial charge in [0.15, 0.2) is 0 Å². The van der Waals surface area contributed by atoms with Crippen LogP contribution in [-0.4, -0.2) is 54.9 Å². The van der Waals surface area contributed by atoms with E-state index in [2.05, 4.69) is 20.2 Å². The molecule has 3 heterocycles. The van der Waals surface area contributed by atoms with Gasteiger partial charge in [0.25, 0.3) is 0 Å². The Morgan fingerprint density at radius 1 is 1.44 bits per heavy atom. The molecular formula is C17H23N5O2S. The summed E-state index contributed by atoms with van der Waals surface area (Å²) in [5.74, 6) is 1.42. The molecule has 3 rings (SSSR count). The average Bonchev–Trinajstić information content (AvgIpc) is 3.14. The minimum atomic E-state index is -0.562. The molecule has 1 aliphatic rings. The van der Waals surface area contributed by atoms with Gasteiger partial charge in [-0.15, -0.1) is 5.10 Å². The lowest BCUT2D eigenvalue weighted by Gasteiger charge is -2.34. The quantitative estimate of drug-likeness (QED) is 0.762. The van der Waals surface area contributed by atoms with Gasteiger partial charge in [0.2, 0.25) is 11.1 Å². The van der Waals surface area contributed by atoms with Gasteiger partial charge in [-0.2, -0.15) is 0 Å².